The maximum absolute atomic E-state index is 13.8. The van der Waals surface area contributed by atoms with Gasteiger partial charge in [0.15, 0.2) is 5.65 Å². The molecule has 0 bridgehead atoms. The molecule has 10 rings (SSSR count). The second-order valence-electron chi connectivity index (χ2n) is 16.7. The molecular formula is C47H46FN11O5. The molecule has 4 amide bonds. The lowest BCUT2D eigenvalue weighted by Gasteiger charge is -2.41. The van der Waals surface area contributed by atoms with E-state index in [0.717, 1.165) is 79.9 Å². The third kappa shape index (κ3) is 7.71. The van der Waals surface area contributed by atoms with Gasteiger partial charge in [-0.2, -0.15) is 5.10 Å². The van der Waals surface area contributed by atoms with Crippen LogP contribution in [0.25, 0.3) is 22.3 Å². The topological polar surface area (TPSA) is 184 Å². The molecule has 6 heterocycles. The molecule has 3 saturated heterocycles. The first-order valence-electron chi connectivity index (χ1n) is 21.4. The van der Waals surface area contributed by atoms with E-state index in [1.54, 1.807) is 4.90 Å². The smallest absolute Gasteiger partial charge is 0.255 e. The Morgan fingerprint density at radius 2 is 1.64 bits per heavy atom. The Kier molecular flexibility index (Phi) is 10.6. The monoisotopic (exact) mass is 863 g/mol. The Morgan fingerprint density at radius 1 is 0.891 bits per heavy atom. The zero-order valence-corrected chi connectivity index (χ0v) is 35.2. The number of amides is 4. The molecule has 0 radical (unpaired) electrons. The first-order valence-corrected chi connectivity index (χ1v) is 21.4. The summed E-state index contributed by atoms with van der Waals surface area (Å²) in [6, 6.07) is 25.6. The number of fused-ring (bicyclic) bond motifs is 2. The number of rotatable bonds is 11. The molecule has 1 unspecified atom stereocenters. The van der Waals surface area contributed by atoms with Gasteiger partial charge in [-0.25, -0.2) is 19.0 Å². The molecule has 4 aliphatic heterocycles. The van der Waals surface area contributed by atoms with Gasteiger partial charge in [-0.05, 0) is 71.6 Å². The van der Waals surface area contributed by atoms with Crippen LogP contribution >= 0.6 is 0 Å². The molecule has 0 aliphatic carbocycles. The van der Waals surface area contributed by atoms with Crippen LogP contribution in [0.5, 0.6) is 5.75 Å². The molecule has 4 aromatic carbocycles. The highest BCUT2D eigenvalue weighted by Crippen LogP contribution is 2.36. The van der Waals surface area contributed by atoms with Crippen molar-refractivity contribution in [3.05, 3.63) is 125 Å². The standard InChI is InChI=1S/C47H46FN11O5/c1-64-39-14-8-32(48)21-37(39)45(61)50-22-28-2-6-30(7-3-28)42-41-43(49)51-27-52-44(41)59(54-42)35-25-57(26-35)33-9-4-29(5-10-33)23-55-16-18-56(19-17-55)34-11-12-36-31(20-34)24-58(47(36)63)38-13-15-40(60)53-46(38)62/h2-12,14,20-21,27,35,38H,13,15-19,22-26H2,1H3,(H,50,61)(H2,49,51,52)(H,53,60,62). The Morgan fingerprint density at radius 3 is 2.39 bits per heavy atom. The predicted molar refractivity (Wildman–Crippen MR) is 237 cm³/mol. The minimum absolute atomic E-state index is 0.0752. The molecule has 17 heteroatoms. The van der Waals surface area contributed by atoms with Gasteiger partial charge in [0.25, 0.3) is 11.8 Å². The van der Waals surface area contributed by atoms with E-state index >= 15 is 0 Å². The zero-order valence-electron chi connectivity index (χ0n) is 35.2. The fourth-order valence-electron chi connectivity index (χ4n) is 9.18. The van der Waals surface area contributed by atoms with Gasteiger partial charge in [-0.1, -0.05) is 36.4 Å². The van der Waals surface area contributed by atoms with Crippen LogP contribution in [-0.4, -0.2) is 106 Å². The number of anilines is 3. The van der Waals surface area contributed by atoms with Crippen LogP contribution in [0.2, 0.25) is 0 Å². The third-order valence-electron chi connectivity index (χ3n) is 12.8. The quantitative estimate of drug-likeness (QED) is 0.157. The van der Waals surface area contributed by atoms with Gasteiger partial charge >= 0.3 is 0 Å². The van der Waals surface area contributed by atoms with Crippen molar-refractivity contribution >= 4 is 51.9 Å². The van der Waals surface area contributed by atoms with Crippen LogP contribution in [0.4, 0.5) is 21.6 Å². The van der Waals surface area contributed by atoms with Gasteiger partial charge in [-0.15, -0.1) is 0 Å². The summed E-state index contributed by atoms with van der Waals surface area (Å²) >= 11 is 0. The summed E-state index contributed by atoms with van der Waals surface area (Å²) in [5.41, 5.74) is 14.6. The number of benzene rings is 4. The molecule has 4 N–H and O–H groups in total. The van der Waals surface area contributed by atoms with Gasteiger partial charge in [0.2, 0.25) is 11.8 Å². The summed E-state index contributed by atoms with van der Waals surface area (Å²) < 4.78 is 21.0. The number of nitrogen functional groups attached to an aromatic ring is 1. The Labute approximate surface area is 367 Å². The van der Waals surface area contributed by atoms with E-state index in [1.807, 2.05) is 41.1 Å². The molecule has 64 heavy (non-hydrogen) atoms. The van der Waals surface area contributed by atoms with E-state index in [4.69, 9.17) is 15.6 Å². The van der Waals surface area contributed by atoms with E-state index in [-0.39, 0.29) is 36.4 Å². The fraction of sp³-hybridized carbons (Fsp3) is 0.298. The average Bonchev–Trinajstić information content (AvgIpc) is 3.84. The summed E-state index contributed by atoms with van der Waals surface area (Å²) in [7, 11) is 1.44. The number of methoxy groups -OCH3 is 1. The second kappa shape index (κ2) is 16.7. The van der Waals surface area contributed by atoms with Gasteiger partial charge in [0.05, 0.1) is 24.1 Å². The largest absolute Gasteiger partial charge is 0.496 e. The van der Waals surface area contributed by atoms with Gasteiger partial charge in [-0.3, -0.25) is 29.4 Å². The lowest BCUT2D eigenvalue weighted by atomic mass is 10.0. The number of aromatic nitrogens is 4. The van der Waals surface area contributed by atoms with Crippen LogP contribution in [0, 0.1) is 5.82 Å². The number of nitrogens with one attached hydrogen (secondary N) is 2. The lowest BCUT2D eigenvalue weighted by molar-refractivity contribution is -0.136. The number of piperazine rings is 1. The second-order valence-corrected chi connectivity index (χ2v) is 16.7. The van der Waals surface area contributed by atoms with E-state index in [0.29, 0.717) is 46.8 Å². The van der Waals surface area contributed by atoms with Crippen molar-refractivity contribution in [3.8, 4) is 17.0 Å². The Bertz CT molecular complexity index is 2800. The maximum atomic E-state index is 13.8. The minimum Gasteiger partial charge on any atom is -0.496 e. The number of hydrogen-bond donors (Lipinski definition) is 3. The number of imide groups is 1. The highest BCUT2D eigenvalue weighted by atomic mass is 19.1. The average molecular weight is 864 g/mol. The Balaban J connectivity index is 0.730. The fourth-order valence-corrected chi connectivity index (χ4v) is 9.18. The van der Waals surface area contributed by atoms with Crippen LogP contribution in [-0.2, 0) is 29.2 Å². The van der Waals surface area contributed by atoms with Crippen LogP contribution in [0.1, 0.15) is 56.3 Å². The van der Waals surface area contributed by atoms with E-state index in [9.17, 15) is 23.6 Å². The van der Waals surface area contributed by atoms with Gasteiger partial charge < -0.3 is 30.5 Å². The van der Waals surface area contributed by atoms with E-state index in [1.165, 1.54) is 31.1 Å². The number of halogens is 1. The van der Waals surface area contributed by atoms with Crippen molar-refractivity contribution in [2.45, 2.75) is 44.6 Å². The van der Waals surface area contributed by atoms with Crippen molar-refractivity contribution in [2.24, 2.45) is 0 Å². The molecular weight excluding hydrogens is 818 g/mol. The normalized spacial score (nSPS) is 18.0. The van der Waals surface area contributed by atoms with Crippen molar-refractivity contribution < 1.29 is 28.3 Å². The van der Waals surface area contributed by atoms with E-state index in [2.05, 4.69) is 65.6 Å². The summed E-state index contributed by atoms with van der Waals surface area (Å²) in [5, 5.41) is 10.9. The van der Waals surface area contributed by atoms with Crippen LogP contribution in [0.15, 0.2) is 91.3 Å². The van der Waals surface area contributed by atoms with Gasteiger partial charge in [0.1, 0.15) is 35.4 Å². The molecule has 4 aliphatic rings. The molecule has 326 valence electrons. The highest BCUT2D eigenvalue weighted by molar-refractivity contribution is 6.05. The third-order valence-corrected chi connectivity index (χ3v) is 12.8. The number of hydrogen-bond acceptors (Lipinski definition) is 12. The molecule has 3 fully saturated rings. The van der Waals surface area contributed by atoms with Crippen molar-refractivity contribution in [1.29, 1.82) is 0 Å². The molecule has 0 spiro atoms. The van der Waals surface area contributed by atoms with Crippen molar-refractivity contribution in [1.82, 2.24) is 40.2 Å². The number of carbonyl (C=O) groups is 4. The zero-order chi connectivity index (χ0) is 44.1. The summed E-state index contributed by atoms with van der Waals surface area (Å²) in [5.74, 6) is -1.16. The number of nitrogens with two attached hydrogens (primary N) is 1. The number of ether oxygens (including phenoxy) is 1. The lowest BCUT2D eigenvalue weighted by Crippen LogP contribution is -2.52. The number of nitrogens with zero attached hydrogens (tertiary/aromatic N) is 8. The van der Waals surface area contributed by atoms with Crippen molar-refractivity contribution in [3.63, 3.8) is 0 Å². The molecule has 1 atom stereocenters. The summed E-state index contributed by atoms with van der Waals surface area (Å²) in [6.07, 6.45) is 2.05. The molecule has 2 aromatic heterocycles. The maximum Gasteiger partial charge on any atom is 0.255 e. The van der Waals surface area contributed by atoms with Crippen LogP contribution < -0.4 is 30.9 Å². The number of piperidine rings is 1. The molecule has 6 aromatic rings. The summed E-state index contributed by atoms with van der Waals surface area (Å²) in [6.45, 7) is 6.47. The van der Waals surface area contributed by atoms with Gasteiger partial charge in [0, 0.05) is 87.8 Å². The first kappa shape index (κ1) is 40.7. The predicted octanol–water partition coefficient (Wildman–Crippen LogP) is 4.30. The molecule has 0 saturated carbocycles. The SMILES string of the molecule is COc1ccc(F)cc1C(=O)NCc1ccc(-c2nn(C3CN(c4ccc(CN5CCN(c6ccc7c(c6)CN(C6CCC(=O)NC6=O)C7=O)CC5)cc4)C3)c3ncnc(N)c23)cc1. The Hall–Kier alpha value is -7.40. The molecule has 16 nitrogen and oxygen atoms in total. The van der Waals surface area contributed by atoms with Crippen LogP contribution in [0.3, 0.4) is 0 Å². The highest BCUT2D eigenvalue weighted by Gasteiger charge is 2.39. The first-order chi connectivity index (χ1) is 31.1. The van der Waals surface area contributed by atoms with E-state index < -0.39 is 23.7 Å². The summed E-state index contributed by atoms with van der Waals surface area (Å²) in [4.78, 5) is 67.7. The van der Waals surface area contributed by atoms with Crippen molar-refractivity contribution in [2.75, 3.05) is 61.9 Å². The minimum atomic E-state index is -0.619. The number of carbonyl (C=O) groups excluding carboxylic acids is 4.